The van der Waals surface area contributed by atoms with Gasteiger partial charge in [0, 0.05) is 66.0 Å². The van der Waals surface area contributed by atoms with Crippen molar-refractivity contribution in [1.29, 1.82) is 0 Å². The summed E-state index contributed by atoms with van der Waals surface area (Å²) < 4.78 is 101. The van der Waals surface area contributed by atoms with Crippen LogP contribution in [0.2, 0.25) is 54.4 Å². The average Bonchev–Trinajstić information content (AvgIpc) is 0.796. The van der Waals surface area contributed by atoms with Crippen LogP contribution < -0.4 is 14.2 Å². The van der Waals surface area contributed by atoms with E-state index in [2.05, 4.69) is 186 Å². The number of aliphatic hydroxyl groups excluding tert-OH is 5. The lowest BCUT2D eigenvalue weighted by Gasteiger charge is -2.43. The van der Waals surface area contributed by atoms with E-state index in [9.17, 15) is 48.7 Å². The molecule has 0 aromatic heterocycles. The van der Waals surface area contributed by atoms with Crippen molar-refractivity contribution in [3.63, 3.8) is 0 Å². The molecule has 0 saturated carbocycles. The van der Waals surface area contributed by atoms with Crippen LogP contribution in [0.15, 0.2) is 146 Å². The number of phenols is 3. The summed E-state index contributed by atoms with van der Waals surface area (Å²) in [6.45, 7) is 57.3. The van der Waals surface area contributed by atoms with Crippen molar-refractivity contribution >= 4 is 58.8 Å². The number of hydrogen-bond acceptors (Lipinski definition) is 24. The van der Waals surface area contributed by atoms with Crippen LogP contribution in [0, 0.1) is 53.3 Å². The lowest BCUT2D eigenvalue weighted by atomic mass is 9.79. The Morgan fingerprint density at radius 1 is 0.357 bits per heavy atom. The smallest absolute Gasteiger partial charge is 0.302 e. The van der Waals surface area contributed by atoms with Gasteiger partial charge in [0.1, 0.15) is 97.1 Å². The first-order chi connectivity index (χ1) is 60.1. The fourth-order valence-electron chi connectivity index (χ4n) is 13.0. The van der Waals surface area contributed by atoms with Crippen LogP contribution in [0.3, 0.4) is 0 Å². The second-order valence-electron chi connectivity index (χ2n) is 38.6. The summed E-state index contributed by atoms with van der Waals surface area (Å²) in [5.41, 5.74) is 4.11. The number of phenolic OH excluding ortho intramolecular Hbond substituents is 2. The van der Waals surface area contributed by atoms with Crippen molar-refractivity contribution in [2.75, 3.05) is 26.4 Å². The van der Waals surface area contributed by atoms with Crippen molar-refractivity contribution < 1.29 is 125 Å². The molecule has 0 aliphatic carbocycles. The summed E-state index contributed by atoms with van der Waals surface area (Å²) in [5.74, 6) is 4.41. The number of hydrogen-bond donors (Lipinski definition) is 8. The highest BCUT2D eigenvalue weighted by Crippen LogP contribution is 2.44. The van der Waals surface area contributed by atoms with Crippen LogP contribution >= 0.6 is 15.9 Å². The predicted octanol–water partition coefficient (Wildman–Crippen LogP) is 20.1. The first-order valence-electron chi connectivity index (χ1n) is 44.6. The molecule has 0 bridgehead atoms. The molecular weight excluding hydrogens is 1780 g/mol. The van der Waals surface area contributed by atoms with Crippen LogP contribution in [0.25, 0.3) is 0 Å². The molecule has 4 fully saturated rings. The van der Waals surface area contributed by atoms with Gasteiger partial charge in [-0.1, -0.05) is 250 Å². The Kier molecular flexibility index (Phi) is 47.2. The molecule has 30 heteroatoms. The highest BCUT2D eigenvalue weighted by molar-refractivity contribution is 9.09. The minimum Gasteiger partial charge on any atom is -0.508 e. The van der Waals surface area contributed by atoms with E-state index in [0.29, 0.717) is 84.4 Å². The summed E-state index contributed by atoms with van der Waals surface area (Å²) >= 11 is 3.51. The second-order valence-corrected chi connectivity index (χ2v) is 53.9. The van der Waals surface area contributed by atoms with Gasteiger partial charge in [-0.2, -0.15) is 0 Å². The standard InChI is InChI=1S/C24H40O5Si.C18H25FO4.C13H17FO6.2C13H22O2Si.C11H19BrO3.C7H8O2/c1-16-17(2)22(15-26-19(4)25)29-23(18(16)3)28-21-13-11-10-12-20(21)14-27-30(8,9)24(5,6)7;1-11-12(2)17(10-21-14(4)20)23-18(13(11)3)22-16-8-6-5-7-15(16)9-19;14-5-7-3-1-2-4-8(7)19-13-12(18)11(17)10(16)9(6-15)20-13;2*1-13(2,3)16(4,5)15-10-11-8-6-7-9-12(11)14;1-6-7(2)10(5-14-9(4)13)15-11(12)8(6)3;8-5-6-3-1-2-4-7(6)9/h10-13,16-18,22-23H,14-15H2,1-9H3;5-8,11-13,17-18H,9-10H2,1-4H3;1-4,9-13,15-18H,5-6H2;2*6-9,14H,10H2,1-5H3;6-8,10-11H,5H2,1-4H3;1-4,8-9H,5H2/t16-,17+,18?,22?,23+;11-,12+,13?,17?,18+;9?,10-,11-,12?,13+;;;6-,7+,8?,10?,11-;/m000..0./s1. The van der Waals surface area contributed by atoms with Gasteiger partial charge < -0.3 is 101 Å². The summed E-state index contributed by atoms with van der Waals surface area (Å²) in [5, 5.41) is 75.6. The molecule has 0 radical (unpaired) electrons. The van der Waals surface area contributed by atoms with Gasteiger partial charge in [-0.3, -0.25) is 14.4 Å². The summed E-state index contributed by atoms with van der Waals surface area (Å²) in [6.07, 6.45) is -8.15. The normalized spacial score (nSPS) is 25.8. The Morgan fingerprint density at radius 3 is 0.930 bits per heavy atom. The maximum Gasteiger partial charge on any atom is 0.302 e. The molecule has 129 heavy (non-hydrogen) atoms. The van der Waals surface area contributed by atoms with Crippen molar-refractivity contribution in [3.8, 4) is 34.5 Å². The average molecular weight is 1930 g/mol. The minimum absolute atomic E-state index is 0.00414. The van der Waals surface area contributed by atoms with Crippen LogP contribution in [-0.4, -0.2) is 177 Å². The van der Waals surface area contributed by atoms with Gasteiger partial charge in [0.15, 0.2) is 25.0 Å². The maximum absolute atomic E-state index is 13.1. The Bertz CT molecular complexity index is 4220. The molecule has 726 valence electrons. The van der Waals surface area contributed by atoms with Crippen molar-refractivity contribution in [2.24, 2.45) is 53.3 Å². The van der Waals surface area contributed by atoms with E-state index in [-0.39, 0.29) is 117 Å². The van der Waals surface area contributed by atoms with Crippen molar-refractivity contribution in [1.82, 2.24) is 0 Å². The van der Waals surface area contributed by atoms with Crippen LogP contribution in [0.5, 0.6) is 34.5 Å². The predicted molar refractivity (Wildman–Crippen MR) is 508 cm³/mol. The molecule has 10 rings (SSSR count). The lowest BCUT2D eigenvalue weighted by molar-refractivity contribution is -0.277. The largest absolute Gasteiger partial charge is 0.508 e. The number of halogens is 3. The summed E-state index contributed by atoms with van der Waals surface area (Å²) in [4.78, 5) is 33.0. The monoisotopic (exact) mass is 1930 g/mol. The van der Waals surface area contributed by atoms with Crippen LogP contribution in [0.1, 0.15) is 179 Å². The number of carbonyl (C=O) groups excluding carboxylic acids is 3. The van der Waals surface area contributed by atoms with E-state index in [1.165, 1.54) is 32.9 Å². The molecule has 24 nitrogen and oxygen atoms in total. The van der Waals surface area contributed by atoms with Crippen molar-refractivity contribution in [3.05, 3.63) is 179 Å². The Morgan fingerprint density at radius 2 is 0.628 bits per heavy atom. The Labute approximate surface area is 778 Å². The minimum atomic E-state index is -1.86. The zero-order valence-electron chi connectivity index (χ0n) is 81.2. The fraction of sp³-hybridized carbons (Fsp3) is 0.606. The molecular formula is C99H153BrF2O24Si3. The third kappa shape index (κ3) is 35.7. The van der Waals surface area contributed by atoms with Gasteiger partial charge in [-0.25, -0.2) is 8.78 Å². The number of aromatic hydroxyl groups is 3. The quantitative estimate of drug-likeness (QED) is 0.0114. The van der Waals surface area contributed by atoms with Gasteiger partial charge in [0.25, 0.3) is 0 Å². The van der Waals surface area contributed by atoms with Gasteiger partial charge in [0.05, 0.1) is 51.3 Å². The maximum atomic E-state index is 13.1. The number of rotatable bonds is 25. The molecule has 6 aromatic carbocycles. The summed E-state index contributed by atoms with van der Waals surface area (Å²) in [6, 6.07) is 42.7. The second kappa shape index (κ2) is 53.2. The molecule has 8 unspecified atom stereocenters. The molecule has 20 atom stereocenters. The van der Waals surface area contributed by atoms with E-state index in [4.69, 9.17) is 76.0 Å². The molecule has 4 heterocycles. The Hall–Kier alpha value is -6.96. The zero-order chi connectivity index (χ0) is 97.4. The molecule has 0 amide bonds. The fourth-order valence-corrected chi connectivity index (χ4v) is 16.6. The highest BCUT2D eigenvalue weighted by Gasteiger charge is 2.47. The number of para-hydroxylation sites is 6. The van der Waals surface area contributed by atoms with Gasteiger partial charge in [-0.15, -0.1) is 0 Å². The third-order valence-electron chi connectivity index (χ3n) is 26.4. The first-order valence-corrected chi connectivity index (χ1v) is 54.2. The number of ether oxygens (including phenoxy) is 10. The van der Waals surface area contributed by atoms with E-state index >= 15 is 0 Å². The van der Waals surface area contributed by atoms with E-state index in [0.717, 1.165) is 22.4 Å². The molecule has 8 N–H and O–H groups in total. The Balaban J connectivity index is 0.000000323. The molecule has 4 aliphatic rings. The van der Waals surface area contributed by atoms with Gasteiger partial charge in [-0.05, 0) is 132 Å². The SMILES string of the molecule is CC(=O)OCC1O[C@@H](Oc2ccccc2CF)C(C)[C@@H](C)[C@H]1C.CC(=O)OCC1O[C@@H](Oc2ccccc2CO[Si](C)(C)C(C)(C)C)C(C)[C@@H](C)[C@H]1C.CC(=O)OCC1O[C@H](Br)C(C)[C@@H](C)[C@H]1C.CC(C)(C)[Si](C)(C)OCc1ccccc1O.CC(C)(C)[Si](C)(C)OCc1ccccc1O.OCC1O[C@@H](Oc2ccccc2CF)C(O)[C@@H](O)[C@H]1O.OCc1ccccc1O. The van der Waals surface area contributed by atoms with E-state index in [1.807, 2.05) is 60.7 Å². The number of carbonyl (C=O) groups is 3. The molecule has 4 aliphatic heterocycles. The lowest BCUT2D eigenvalue weighted by Crippen LogP contribution is -2.60. The molecule has 6 aromatic rings. The number of esters is 3. The topological polar surface area (TPSA) is 333 Å². The zero-order valence-corrected chi connectivity index (χ0v) is 85.8. The van der Waals surface area contributed by atoms with Gasteiger partial charge >= 0.3 is 17.9 Å². The summed E-state index contributed by atoms with van der Waals surface area (Å²) in [7, 11) is -5.31. The van der Waals surface area contributed by atoms with Crippen LogP contribution in [-0.2, 0) is 101 Å². The van der Waals surface area contributed by atoms with E-state index < -0.39 is 88.2 Å². The molecule has 4 saturated heterocycles. The van der Waals surface area contributed by atoms with Gasteiger partial charge in [0.2, 0.25) is 18.9 Å². The number of aliphatic hydroxyl groups is 5. The first kappa shape index (κ1) is 114. The van der Waals surface area contributed by atoms with E-state index in [1.54, 1.807) is 66.7 Å². The number of alkyl halides is 3. The van der Waals surface area contributed by atoms with Crippen molar-refractivity contribution in [2.45, 2.75) is 306 Å². The third-order valence-corrected chi connectivity index (χ3v) is 40.9. The van der Waals surface area contributed by atoms with Crippen LogP contribution in [0.4, 0.5) is 8.78 Å². The number of benzene rings is 6. The highest BCUT2D eigenvalue weighted by atomic mass is 79.9. The molecule has 0 spiro atoms.